The lowest BCUT2D eigenvalue weighted by Crippen LogP contribution is -2.22. The highest BCUT2D eigenvalue weighted by Crippen LogP contribution is 2.37. The van der Waals surface area contributed by atoms with Crippen molar-refractivity contribution in [3.05, 3.63) is 0 Å². The maximum absolute atomic E-state index is 2.46. The molecule has 0 saturated heterocycles. The fourth-order valence-corrected chi connectivity index (χ4v) is 2.85. The normalized spacial score (nSPS) is 21.6. The van der Waals surface area contributed by atoms with Gasteiger partial charge in [0.1, 0.15) is 0 Å². The molecule has 0 heterocycles. The van der Waals surface area contributed by atoms with Gasteiger partial charge in [-0.3, -0.25) is 0 Å². The molecule has 0 N–H and O–H groups in total. The zero-order valence-electron chi connectivity index (χ0n) is 11.3. The van der Waals surface area contributed by atoms with Crippen molar-refractivity contribution < 1.29 is 0 Å². The Morgan fingerprint density at radius 3 is 2.27 bits per heavy atom. The summed E-state index contributed by atoms with van der Waals surface area (Å²) in [6, 6.07) is 0. The van der Waals surface area contributed by atoms with Gasteiger partial charge in [-0.15, -0.1) is 0 Å². The van der Waals surface area contributed by atoms with Crippen molar-refractivity contribution in [1.29, 1.82) is 0 Å². The third kappa shape index (κ3) is 4.17. The van der Waals surface area contributed by atoms with E-state index >= 15 is 0 Å². The summed E-state index contributed by atoms with van der Waals surface area (Å²) in [4.78, 5) is 0. The van der Waals surface area contributed by atoms with Crippen LogP contribution in [0, 0.1) is 17.3 Å². The Labute approximate surface area is 96.8 Å². The SMILES string of the molecule is CCC(C)C(C)(C)CCC1CCCCC1. The Morgan fingerprint density at radius 2 is 1.73 bits per heavy atom. The van der Waals surface area contributed by atoms with Crippen LogP contribution < -0.4 is 0 Å². The van der Waals surface area contributed by atoms with Crippen molar-refractivity contribution in [2.24, 2.45) is 17.3 Å². The van der Waals surface area contributed by atoms with E-state index in [4.69, 9.17) is 0 Å². The van der Waals surface area contributed by atoms with E-state index in [0.29, 0.717) is 5.41 Å². The van der Waals surface area contributed by atoms with Gasteiger partial charge in [-0.1, -0.05) is 66.2 Å². The molecule has 1 saturated carbocycles. The smallest absolute Gasteiger partial charge is 0.0329 e. The molecule has 1 aliphatic carbocycles. The highest BCUT2D eigenvalue weighted by molar-refractivity contribution is 4.77. The maximum Gasteiger partial charge on any atom is -0.0329 e. The summed E-state index contributed by atoms with van der Waals surface area (Å²) in [6.45, 7) is 9.67. The number of rotatable bonds is 5. The van der Waals surface area contributed by atoms with Gasteiger partial charge in [-0.25, -0.2) is 0 Å². The first-order valence-corrected chi connectivity index (χ1v) is 7.06. The van der Waals surface area contributed by atoms with Crippen LogP contribution in [0.25, 0.3) is 0 Å². The fourth-order valence-electron chi connectivity index (χ4n) is 2.85. The molecule has 1 rings (SSSR count). The topological polar surface area (TPSA) is 0 Å². The average molecular weight is 210 g/mol. The standard InChI is InChI=1S/C15H30/c1-5-13(2)15(3,4)12-11-14-9-7-6-8-10-14/h13-14H,5-12H2,1-4H3. The Kier molecular flexibility index (Phi) is 5.15. The van der Waals surface area contributed by atoms with Crippen molar-refractivity contribution in [3.63, 3.8) is 0 Å². The minimum absolute atomic E-state index is 0.562. The Morgan fingerprint density at radius 1 is 1.13 bits per heavy atom. The molecule has 0 aromatic carbocycles. The molecule has 0 bridgehead atoms. The number of hydrogen-bond donors (Lipinski definition) is 0. The Hall–Kier alpha value is 0. The van der Waals surface area contributed by atoms with E-state index in [1.54, 1.807) is 0 Å². The van der Waals surface area contributed by atoms with Crippen LogP contribution in [0.5, 0.6) is 0 Å². The minimum Gasteiger partial charge on any atom is -0.0651 e. The van der Waals surface area contributed by atoms with Gasteiger partial charge in [0.15, 0.2) is 0 Å². The molecule has 0 aromatic rings. The summed E-state index contributed by atoms with van der Waals surface area (Å²) in [5.74, 6) is 1.93. The third-order valence-electron chi connectivity index (χ3n) is 4.87. The quantitative estimate of drug-likeness (QED) is 0.568. The van der Waals surface area contributed by atoms with Crippen molar-refractivity contribution in [2.45, 2.75) is 79.1 Å². The van der Waals surface area contributed by atoms with Gasteiger partial charge in [0.25, 0.3) is 0 Å². The van der Waals surface area contributed by atoms with Crippen LogP contribution in [-0.2, 0) is 0 Å². The van der Waals surface area contributed by atoms with Crippen molar-refractivity contribution in [3.8, 4) is 0 Å². The minimum atomic E-state index is 0.562. The summed E-state index contributed by atoms with van der Waals surface area (Å²) in [7, 11) is 0. The summed E-state index contributed by atoms with van der Waals surface area (Å²) in [6.07, 6.45) is 11.8. The lowest BCUT2D eigenvalue weighted by molar-refractivity contribution is 0.178. The average Bonchev–Trinajstić information content (AvgIpc) is 2.27. The van der Waals surface area contributed by atoms with Crippen LogP contribution in [0.1, 0.15) is 79.1 Å². The lowest BCUT2D eigenvalue weighted by atomic mass is 9.72. The molecular formula is C15H30. The van der Waals surface area contributed by atoms with E-state index in [9.17, 15) is 0 Å². The fraction of sp³-hybridized carbons (Fsp3) is 1.00. The molecule has 1 fully saturated rings. The van der Waals surface area contributed by atoms with Crippen LogP contribution in [0.15, 0.2) is 0 Å². The van der Waals surface area contributed by atoms with Crippen molar-refractivity contribution >= 4 is 0 Å². The van der Waals surface area contributed by atoms with Gasteiger partial charge >= 0.3 is 0 Å². The first kappa shape index (κ1) is 13.1. The largest absolute Gasteiger partial charge is 0.0651 e. The highest BCUT2D eigenvalue weighted by Gasteiger charge is 2.25. The van der Waals surface area contributed by atoms with E-state index < -0.39 is 0 Å². The third-order valence-corrected chi connectivity index (χ3v) is 4.87. The predicted octanol–water partition coefficient (Wildman–Crippen LogP) is 5.42. The predicted molar refractivity (Wildman–Crippen MR) is 69.0 cm³/mol. The molecule has 0 heteroatoms. The first-order chi connectivity index (χ1) is 7.06. The molecule has 0 amide bonds. The Balaban J connectivity index is 2.27. The van der Waals surface area contributed by atoms with Crippen molar-refractivity contribution in [1.82, 2.24) is 0 Å². The summed E-state index contributed by atoms with van der Waals surface area (Å²) >= 11 is 0. The van der Waals surface area contributed by atoms with Gasteiger partial charge in [-0.05, 0) is 30.1 Å². The molecular weight excluding hydrogens is 180 g/mol. The van der Waals surface area contributed by atoms with Crippen LogP contribution in [0.3, 0.4) is 0 Å². The van der Waals surface area contributed by atoms with Gasteiger partial charge in [0.05, 0.1) is 0 Å². The molecule has 1 aliphatic rings. The highest BCUT2D eigenvalue weighted by atomic mass is 14.3. The molecule has 0 spiro atoms. The second kappa shape index (κ2) is 5.92. The molecule has 90 valence electrons. The first-order valence-electron chi connectivity index (χ1n) is 7.06. The van der Waals surface area contributed by atoms with Gasteiger partial charge < -0.3 is 0 Å². The molecule has 0 aliphatic heterocycles. The Bertz CT molecular complexity index is 163. The van der Waals surface area contributed by atoms with Gasteiger partial charge in [0.2, 0.25) is 0 Å². The van der Waals surface area contributed by atoms with E-state index in [0.717, 1.165) is 11.8 Å². The molecule has 1 atom stereocenters. The van der Waals surface area contributed by atoms with Crippen LogP contribution in [-0.4, -0.2) is 0 Å². The van der Waals surface area contributed by atoms with Crippen LogP contribution in [0.4, 0.5) is 0 Å². The zero-order chi connectivity index (χ0) is 11.3. The monoisotopic (exact) mass is 210 g/mol. The molecule has 15 heavy (non-hydrogen) atoms. The van der Waals surface area contributed by atoms with Gasteiger partial charge in [-0.2, -0.15) is 0 Å². The van der Waals surface area contributed by atoms with E-state index in [-0.39, 0.29) is 0 Å². The summed E-state index contributed by atoms with van der Waals surface area (Å²) in [5, 5.41) is 0. The second-order valence-corrected chi connectivity index (χ2v) is 6.34. The maximum atomic E-state index is 2.46. The second-order valence-electron chi connectivity index (χ2n) is 6.34. The molecule has 0 radical (unpaired) electrons. The molecule has 0 nitrogen and oxygen atoms in total. The van der Waals surface area contributed by atoms with Gasteiger partial charge in [0, 0.05) is 0 Å². The molecule has 1 unspecified atom stereocenters. The van der Waals surface area contributed by atoms with Crippen LogP contribution in [0.2, 0.25) is 0 Å². The number of hydrogen-bond acceptors (Lipinski definition) is 0. The van der Waals surface area contributed by atoms with Crippen LogP contribution >= 0.6 is 0 Å². The zero-order valence-corrected chi connectivity index (χ0v) is 11.3. The van der Waals surface area contributed by atoms with E-state index in [1.165, 1.54) is 51.4 Å². The lowest BCUT2D eigenvalue weighted by Gasteiger charge is -2.33. The van der Waals surface area contributed by atoms with E-state index in [2.05, 4.69) is 27.7 Å². The van der Waals surface area contributed by atoms with Crippen molar-refractivity contribution in [2.75, 3.05) is 0 Å². The molecule has 0 aromatic heterocycles. The summed E-state index contributed by atoms with van der Waals surface area (Å²) in [5.41, 5.74) is 0.562. The van der Waals surface area contributed by atoms with E-state index in [1.807, 2.05) is 0 Å². The summed E-state index contributed by atoms with van der Waals surface area (Å²) < 4.78 is 0.